The van der Waals surface area contributed by atoms with E-state index in [0.717, 1.165) is 18.0 Å². The van der Waals surface area contributed by atoms with Gasteiger partial charge in [0.15, 0.2) is 0 Å². The number of nitrogens with two attached hydrogens (primary N) is 1. The Morgan fingerprint density at radius 3 is 2.00 bits per heavy atom. The lowest BCUT2D eigenvalue weighted by Gasteiger charge is -2.59. The van der Waals surface area contributed by atoms with E-state index < -0.39 is 10.7 Å². The van der Waals surface area contributed by atoms with E-state index in [2.05, 4.69) is 13.8 Å². The summed E-state index contributed by atoms with van der Waals surface area (Å²) in [5.74, 6) is 2.86. The minimum Gasteiger partial charge on any atom is -0.458 e. The zero-order chi connectivity index (χ0) is 17.0. The second-order valence-corrected chi connectivity index (χ2v) is 11.3. The van der Waals surface area contributed by atoms with Crippen LogP contribution in [0.3, 0.4) is 0 Å². The van der Waals surface area contributed by atoms with Crippen molar-refractivity contribution in [2.24, 2.45) is 29.4 Å². The number of rotatable bonds is 5. The van der Waals surface area contributed by atoms with Crippen molar-refractivity contribution in [3.05, 3.63) is 0 Å². The van der Waals surface area contributed by atoms with Crippen molar-refractivity contribution in [2.45, 2.75) is 83.0 Å². The van der Waals surface area contributed by atoms with E-state index in [-0.39, 0.29) is 11.6 Å². The quantitative estimate of drug-likeness (QED) is 0.610. The van der Waals surface area contributed by atoms with Gasteiger partial charge in [0, 0.05) is 5.54 Å². The van der Waals surface area contributed by atoms with E-state index in [1.165, 1.54) is 32.1 Å². The first kappa shape index (κ1) is 17.7. The van der Waals surface area contributed by atoms with Crippen molar-refractivity contribution in [1.82, 2.24) is 0 Å². The van der Waals surface area contributed by atoms with E-state index >= 15 is 0 Å². The number of hydrogen-bond donors (Lipinski definition) is 1. The molecular weight excluding hydrogens is 305 g/mol. The Bertz CT molecular complexity index is 456. The topological polar surface area (TPSA) is 52.3 Å². The molecule has 4 rings (SSSR count). The van der Waals surface area contributed by atoms with Gasteiger partial charge >= 0.3 is 5.97 Å². The van der Waals surface area contributed by atoms with E-state index in [4.69, 9.17) is 10.5 Å². The fourth-order valence-electron chi connectivity index (χ4n) is 5.51. The van der Waals surface area contributed by atoms with Gasteiger partial charge in [-0.25, -0.2) is 0 Å². The van der Waals surface area contributed by atoms with Gasteiger partial charge in [0.1, 0.15) is 5.60 Å². The zero-order valence-electron chi connectivity index (χ0n) is 15.4. The molecule has 4 aliphatic carbocycles. The molecule has 0 amide bonds. The minimum atomic E-state index is -0.584. The summed E-state index contributed by atoms with van der Waals surface area (Å²) in [6.07, 6.45) is 7.43. The lowest BCUT2D eigenvalue weighted by molar-refractivity contribution is -0.206. The highest BCUT2D eigenvalue weighted by molar-refractivity contribution is 7.41. The van der Waals surface area contributed by atoms with Gasteiger partial charge in [-0.2, -0.15) is 0 Å². The molecule has 0 heterocycles. The van der Waals surface area contributed by atoms with Gasteiger partial charge in [-0.1, -0.05) is 6.92 Å². The smallest absolute Gasteiger partial charge is 0.318 e. The van der Waals surface area contributed by atoms with Crippen LogP contribution in [0.4, 0.5) is 0 Å². The van der Waals surface area contributed by atoms with E-state index in [0.29, 0.717) is 20.4 Å². The first-order chi connectivity index (χ1) is 10.6. The number of ether oxygens (including phenoxy) is 1. The standard InChI is InChI=1S/C19H34NO2P/c1-6-23-19(5,17(2,3)20)16(21)22-18(4)14-8-12-7-13(10-14)11-15(18)9-12/h12-15,23H,6-11,20H2,1-5H3. The number of hydrogen-bond acceptors (Lipinski definition) is 3. The molecule has 0 aromatic rings. The second kappa shape index (κ2) is 5.70. The first-order valence-electron chi connectivity index (χ1n) is 9.37. The molecule has 0 aromatic carbocycles. The molecule has 2 N–H and O–H groups in total. The van der Waals surface area contributed by atoms with Crippen molar-refractivity contribution in [1.29, 1.82) is 0 Å². The van der Waals surface area contributed by atoms with Crippen LogP contribution in [-0.4, -0.2) is 28.4 Å². The highest BCUT2D eigenvalue weighted by atomic mass is 31.1. The molecule has 0 aromatic heterocycles. The van der Waals surface area contributed by atoms with Crippen molar-refractivity contribution in [2.75, 3.05) is 6.16 Å². The highest BCUT2D eigenvalue weighted by Gasteiger charge is 2.58. The Hall–Kier alpha value is -0.140. The number of carbonyl (C=O) groups is 1. The van der Waals surface area contributed by atoms with Crippen LogP contribution in [0.15, 0.2) is 0 Å². The minimum absolute atomic E-state index is 0.0554. The Labute approximate surface area is 143 Å². The largest absolute Gasteiger partial charge is 0.458 e. The Morgan fingerprint density at radius 1 is 1.13 bits per heavy atom. The maximum absolute atomic E-state index is 13.2. The predicted octanol–water partition coefficient (Wildman–Crippen LogP) is 3.94. The van der Waals surface area contributed by atoms with Gasteiger partial charge in [0.2, 0.25) is 0 Å². The third-order valence-corrected chi connectivity index (χ3v) is 9.21. The van der Waals surface area contributed by atoms with Crippen LogP contribution >= 0.6 is 8.58 Å². The summed E-state index contributed by atoms with van der Waals surface area (Å²) >= 11 is 0. The van der Waals surface area contributed by atoms with Gasteiger partial charge in [-0.15, -0.1) is 8.58 Å². The van der Waals surface area contributed by atoms with Crippen LogP contribution in [0.5, 0.6) is 0 Å². The number of esters is 1. The fourth-order valence-corrected chi connectivity index (χ4v) is 6.86. The average molecular weight is 339 g/mol. The molecule has 3 nitrogen and oxygen atoms in total. The highest BCUT2D eigenvalue weighted by Crippen LogP contribution is 2.60. The van der Waals surface area contributed by atoms with Crippen LogP contribution in [0.2, 0.25) is 0 Å². The molecule has 2 atom stereocenters. The van der Waals surface area contributed by atoms with Crippen LogP contribution < -0.4 is 5.73 Å². The molecule has 4 saturated carbocycles. The lowest BCUT2D eigenvalue weighted by Crippen LogP contribution is -2.62. The SMILES string of the molecule is CCPC(C)(C(=O)OC1(C)C2CC3CC(C2)CC1C3)C(C)(C)N. The Balaban J connectivity index is 1.81. The predicted molar refractivity (Wildman–Crippen MR) is 97.1 cm³/mol. The van der Waals surface area contributed by atoms with Crippen LogP contribution in [-0.2, 0) is 9.53 Å². The fraction of sp³-hybridized carbons (Fsp3) is 0.947. The molecular formula is C19H34NO2P. The molecule has 0 aliphatic heterocycles. The molecule has 132 valence electrons. The third-order valence-electron chi connectivity index (χ3n) is 7.30. The molecule has 4 heteroatoms. The monoisotopic (exact) mass is 339 g/mol. The molecule has 0 saturated heterocycles. The Kier molecular flexibility index (Phi) is 4.38. The van der Waals surface area contributed by atoms with E-state index in [1.807, 2.05) is 20.8 Å². The third kappa shape index (κ3) is 2.76. The lowest BCUT2D eigenvalue weighted by atomic mass is 9.50. The molecule has 2 unspecified atom stereocenters. The van der Waals surface area contributed by atoms with Crippen molar-refractivity contribution in [3.63, 3.8) is 0 Å². The molecule has 0 radical (unpaired) electrons. The summed E-state index contributed by atoms with van der Waals surface area (Å²) in [5, 5.41) is -0.584. The first-order valence-corrected chi connectivity index (χ1v) is 10.6. The van der Waals surface area contributed by atoms with Gasteiger partial charge in [0.25, 0.3) is 0 Å². The summed E-state index contributed by atoms with van der Waals surface area (Å²) in [4.78, 5) is 13.2. The van der Waals surface area contributed by atoms with Crippen molar-refractivity contribution in [3.8, 4) is 0 Å². The summed E-state index contributed by atoms with van der Waals surface area (Å²) in [7, 11) is 0.505. The van der Waals surface area contributed by atoms with Crippen LogP contribution in [0.1, 0.15) is 66.7 Å². The van der Waals surface area contributed by atoms with Crippen molar-refractivity contribution < 1.29 is 9.53 Å². The number of carbonyl (C=O) groups excluding carboxylic acids is 1. The molecule has 4 bridgehead atoms. The maximum Gasteiger partial charge on any atom is 0.318 e. The maximum atomic E-state index is 13.2. The van der Waals surface area contributed by atoms with Crippen molar-refractivity contribution >= 4 is 14.6 Å². The van der Waals surface area contributed by atoms with E-state index in [1.54, 1.807) is 0 Å². The summed E-state index contributed by atoms with van der Waals surface area (Å²) in [6, 6.07) is 0. The van der Waals surface area contributed by atoms with Gasteiger partial charge in [-0.3, -0.25) is 4.79 Å². The zero-order valence-corrected chi connectivity index (χ0v) is 16.4. The second-order valence-electron chi connectivity index (χ2n) is 9.25. The van der Waals surface area contributed by atoms with Gasteiger partial charge in [0.05, 0.1) is 5.16 Å². The van der Waals surface area contributed by atoms with Gasteiger partial charge < -0.3 is 10.5 Å². The molecule has 4 fully saturated rings. The summed E-state index contributed by atoms with van der Waals surface area (Å²) in [5.41, 5.74) is 5.59. The normalized spacial score (nSPS) is 42.2. The Morgan fingerprint density at radius 2 is 1.61 bits per heavy atom. The average Bonchev–Trinajstić information content (AvgIpc) is 2.43. The van der Waals surface area contributed by atoms with E-state index in [9.17, 15) is 4.79 Å². The van der Waals surface area contributed by atoms with Crippen LogP contribution in [0.25, 0.3) is 0 Å². The van der Waals surface area contributed by atoms with Gasteiger partial charge in [-0.05, 0) is 89.6 Å². The molecule has 4 aliphatic rings. The van der Waals surface area contributed by atoms with Crippen LogP contribution in [0, 0.1) is 23.7 Å². The summed E-state index contributed by atoms with van der Waals surface area (Å²) < 4.78 is 6.35. The molecule has 0 spiro atoms. The molecule has 23 heavy (non-hydrogen) atoms. The summed E-state index contributed by atoms with van der Waals surface area (Å²) in [6.45, 7) is 10.3.